The summed E-state index contributed by atoms with van der Waals surface area (Å²) < 4.78 is 0. The maximum absolute atomic E-state index is 12.0. The van der Waals surface area contributed by atoms with Crippen molar-refractivity contribution in [3.8, 4) is 0 Å². The van der Waals surface area contributed by atoms with E-state index in [0.29, 0.717) is 10.6 Å². The molecule has 4 heteroatoms. The van der Waals surface area contributed by atoms with Gasteiger partial charge in [0.2, 0.25) is 0 Å². The van der Waals surface area contributed by atoms with Crippen LogP contribution in [0.1, 0.15) is 28.9 Å². The predicted molar refractivity (Wildman–Crippen MR) is 71.6 cm³/mol. The van der Waals surface area contributed by atoms with E-state index in [4.69, 9.17) is 11.6 Å². The van der Waals surface area contributed by atoms with Gasteiger partial charge in [0, 0.05) is 23.0 Å². The molecule has 0 saturated carbocycles. The molecule has 0 aliphatic rings. The Morgan fingerprint density at radius 2 is 1.89 bits per heavy atom. The highest BCUT2D eigenvalue weighted by molar-refractivity contribution is 6.31. The summed E-state index contributed by atoms with van der Waals surface area (Å²) in [6.07, 6.45) is 3.18. The number of nitrogens with one attached hydrogen (secondary N) is 1. The summed E-state index contributed by atoms with van der Waals surface area (Å²) in [5, 5.41) is 3.55. The van der Waals surface area contributed by atoms with Crippen LogP contribution in [-0.2, 0) is 0 Å². The van der Waals surface area contributed by atoms with Crippen LogP contribution in [0.5, 0.6) is 0 Å². The summed E-state index contributed by atoms with van der Waals surface area (Å²) in [5.74, 6) is -0.134. The number of hydrogen-bond acceptors (Lipinski definition) is 2. The summed E-state index contributed by atoms with van der Waals surface area (Å²) in [5.41, 5.74) is 1.49. The smallest absolute Gasteiger partial charge is 0.251 e. The Kier molecular flexibility index (Phi) is 3.95. The highest BCUT2D eigenvalue weighted by Crippen LogP contribution is 2.22. The van der Waals surface area contributed by atoms with Crippen LogP contribution in [-0.4, -0.2) is 10.9 Å². The number of carbonyl (C=O) groups is 1. The van der Waals surface area contributed by atoms with Crippen LogP contribution in [0.15, 0.2) is 48.8 Å². The van der Waals surface area contributed by atoms with Gasteiger partial charge in [-0.3, -0.25) is 9.78 Å². The molecule has 0 fully saturated rings. The molecule has 1 amide bonds. The lowest BCUT2D eigenvalue weighted by Gasteiger charge is -2.15. The fourth-order valence-corrected chi connectivity index (χ4v) is 1.99. The molecule has 0 unspecified atom stereocenters. The first-order valence-electron chi connectivity index (χ1n) is 5.64. The first-order chi connectivity index (χ1) is 8.68. The van der Waals surface area contributed by atoms with Crippen LogP contribution < -0.4 is 5.32 Å². The SMILES string of the molecule is C[C@H](NC(=O)c1ccncc1)c1ccccc1Cl. The molecule has 1 heterocycles. The van der Waals surface area contributed by atoms with Crippen molar-refractivity contribution < 1.29 is 4.79 Å². The van der Waals surface area contributed by atoms with Crippen LogP contribution in [0, 0.1) is 0 Å². The summed E-state index contributed by atoms with van der Waals surface area (Å²) >= 11 is 6.09. The van der Waals surface area contributed by atoms with Gasteiger partial charge in [-0.15, -0.1) is 0 Å². The van der Waals surface area contributed by atoms with Gasteiger partial charge in [-0.1, -0.05) is 29.8 Å². The molecule has 1 N–H and O–H groups in total. The number of carbonyl (C=O) groups excluding carboxylic acids is 1. The largest absolute Gasteiger partial charge is 0.345 e. The number of pyridine rings is 1. The van der Waals surface area contributed by atoms with Crippen molar-refractivity contribution in [1.29, 1.82) is 0 Å². The van der Waals surface area contributed by atoms with E-state index in [1.807, 2.05) is 31.2 Å². The summed E-state index contributed by atoms with van der Waals surface area (Å²) in [4.78, 5) is 15.8. The van der Waals surface area contributed by atoms with Crippen molar-refractivity contribution in [1.82, 2.24) is 10.3 Å². The maximum atomic E-state index is 12.0. The van der Waals surface area contributed by atoms with Gasteiger partial charge in [-0.2, -0.15) is 0 Å². The second-order valence-corrected chi connectivity index (χ2v) is 4.36. The van der Waals surface area contributed by atoms with Crippen LogP contribution >= 0.6 is 11.6 Å². The average Bonchev–Trinajstić information content (AvgIpc) is 2.40. The van der Waals surface area contributed by atoms with E-state index < -0.39 is 0 Å². The maximum Gasteiger partial charge on any atom is 0.251 e. The Labute approximate surface area is 111 Å². The average molecular weight is 261 g/mol. The summed E-state index contributed by atoms with van der Waals surface area (Å²) in [6, 6.07) is 10.7. The number of aromatic nitrogens is 1. The van der Waals surface area contributed by atoms with E-state index >= 15 is 0 Å². The molecule has 2 rings (SSSR count). The lowest BCUT2D eigenvalue weighted by molar-refractivity contribution is 0.0940. The Hall–Kier alpha value is -1.87. The van der Waals surface area contributed by atoms with E-state index in [-0.39, 0.29) is 11.9 Å². The fourth-order valence-electron chi connectivity index (χ4n) is 1.69. The quantitative estimate of drug-likeness (QED) is 0.921. The Morgan fingerprint density at radius 1 is 1.22 bits per heavy atom. The Morgan fingerprint density at radius 3 is 2.56 bits per heavy atom. The van der Waals surface area contributed by atoms with Crippen LogP contribution in [0.2, 0.25) is 5.02 Å². The van der Waals surface area contributed by atoms with Crippen molar-refractivity contribution in [3.05, 3.63) is 64.9 Å². The fraction of sp³-hybridized carbons (Fsp3) is 0.143. The molecule has 1 aromatic carbocycles. The van der Waals surface area contributed by atoms with Gasteiger partial charge in [0.05, 0.1) is 6.04 Å². The Bertz CT molecular complexity index is 543. The van der Waals surface area contributed by atoms with Crippen LogP contribution in [0.4, 0.5) is 0 Å². The van der Waals surface area contributed by atoms with Gasteiger partial charge >= 0.3 is 0 Å². The minimum atomic E-state index is -0.139. The van der Waals surface area contributed by atoms with Gasteiger partial charge in [0.25, 0.3) is 5.91 Å². The number of hydrogen-bond donors (Lipinski definition) is 1. The van der Waals surface area contributed by atoms with Crippen molar-refractivity contribution in [2.45, 2.75) is 13.0 Å². The predicted octanol–water partition coefficient (Wildman–Crippen LogP) is 3.23. The number of halogens is 1. The van der Waals surface area contributed by atoms with E-state index in [2.05, 4.69) is 10.3 Å². The molecule has 0 saturated heterocycles. The first-order valence-corrected chi connectivity index (χ1v) is 6.01. The molecule has 0 radical (unpaired) electrons. The third kappa shape index (κ3) is 2.87. The minimum absolute atomic E-state index is 0.134. The highest BCUT2D eigenvalue weighted by Gasteiger charge is 2.13. The van der Waals surface area contributed by atoms with Crippen molar-refractivity contribution >= 4 is 17.5 Å². The number of benzene rings is 1. The van der Waals surface area contributed by atoms with E-state index in [0.717, 1.165) is 5.56 Å². The van der Waals surface area contributed by atoms with Gasteiger partial charge < -0.3 is 5.32 Å². The minimum Gasteiger partial charge on any atom is -0.345 e. The molecule has 3 nitrogen and oxygen atoms in total. The van der Waals surface area contributed by atoms with Gasteiger partial charge in [0.15, 0.2) is 0 Å². The molecule has 2 aromatic rings. The van der Waals surface area contributed by atoms with E-state index in [9.17, 15) is 4.79 Å². The summed E-state index contributed by atoms with van der Waals surface area (Å²) in [6.45, 7) is 1.90. The number of nitrogens with zero attached hydrogens (tertiary/aromatic N) is 1. The molecule has 1 aromatic heterocycles. The lowest BCUT2D eigenvalue weighted by Crippen LogP contribution is -2.26. The molecular weight excluding hydrogens is 248 g/mol. The molecule has 0 spiro atoms. The second kappa shape index (κ2) is 5.65. The zero-order valence-corrected chi connectivity index (χ0v) is 10.7. The zero-order valence-electron chi connectivity index (χ0n) is 9.93. The number of rotatable bonds is 3. The molecule has 92 valence electrons. The second-order valence-electron chi connectivity index (χ2n) is 3.95. The molecule has 0 aliphatic carbocycles. The van der Waals surface area contributed by atoms with Crippen molar-refractivity contribution in [3.63, 3.8) is 0 Å². The van der Waals surface area contributed by atoms with E-state index in [1.165, 1.54) is 0 Å². The molecule has 18 heavy (non-hydrogen) atoms. The van der Waals surface area contributed by atoms with Gasteiger partial charge in [-0.25, -0.2) is 0 Å². The molecule has 0 aliphatic heterocycles. The topological polar surface area (TPSA) is 42.0 Å². The molecular formula is C14H13ClN2O. The number of amides is 1. The normalized spacial score (nSPS) is 11.9. The zero-order chi connectivity index (χ0) is 13.0. The van der Waals surface area contributed by atoms with Gasteiger partial charge in [-0.05, 0) is 30.7 Å². The van der Waals surface area contributed by atoms with Crippen LogP contribution in [0.25, 0.3) is 0 Å². The molecule has 1 atom stereocenters. The van der Waals surface area contributed by atoms with E-state index in [1.54, 1.807) is 24.5 Å². The standard InChI is InChI=1S/C14H13ClN2O/c1-10(12-4-2-3-5-13(12)15)17-14(18)11-6-8-16-9-7-11/h2-10H,1H3,(H,17,18)/t10-/m0/s1. The third-order valence-electron chi connectivity index (χ3n) is 2.66. The van der Waals surface area contributed by atoms with Crippen molar-refractivity contribution in [2.75, 3.05) is 0 Å². The molecule has 0 bridgehead atoms. The van der Waals surface area contributed by atoms with Crippen molar-refractivity contribution in [2.24, 2.45) is 0 Å². The van der Waals surface area contributed by atoms with Gasteiger partial charge in [0.1, 0.15) is 0 Å². The highest BCUT2D eigenvalue weighted by atomic mass is 35.5. The first kappa shape index (κ1) is 12.6. The summed E-state index contributed by atoms with van der Waals surface area (Å²) in [7, 11) is 0. The van der Waals surface area contributed by atoms with Crippen LogP contribution in [0.3, 0.4) is 0 Å². The monoisotopic (exact) mass is 260 g/mol. The third-order valence-corrected chi connectivity index (χ3v) is 3.01. The Balaban J connectivity index is 2.11. The lowest BCUT2D eigenvalue weighted by atomic mass is 10.1.